The Kier molecular flexibility index (Phi) is 7.60. The number of aromatic nitrogens is 3. The molecule has 30 heavy (non-hydrogen) atoms. The zero-order valence-corrected chi connectivity index (χ0v) is 18.7. The molecule has 1 saturated carbocycles. The maximum absolute atomic E-state index is 6.26. The number of hydrogen-bond donors (Lipinski definition) is 1. The summed E-state index contributed by atoms with van der Waals surface area (Å²) >= 11 is 0. The van der Waals surface area contributed by atoms with Crippen LogP contribution in [0.5, 0.6) is 0 Å². The van der Waals surface area contributed by atoms with Gasteiger partial charge in [-0.05, 0) is 51.4 Å². The van der Waals surface area contributed by atoms with E-state index in [9.17, 15) is 0 Å². The predicted octanol–water partition coefficient (Wildman–Crippen LogP) is 2.42. The van der Waals surface area contributed by atoms with Crippen LogP contribution in [0.25, 0.3) is 0 Å². The van der Waals surface area contributed by atoms with Crippen molar-refractivity contribution in [2.24, 2.45) is 18.0 Å². The summed E-state index contributed by atoms with van der Waals surface area (Å²) in [4.78, 5) is 7.27. The van der Waals surface area contributed by atoms with Crippen LogP contribution in [-0.2, 0) is 23.1 Å². The highest BCUT2D eigenvalue weighted by atomic mass is 16.5. The van der Waals surface area contributed by atoms with Gasteiger partial charge < -0.3 is 24.3 Å². The molecule has 1 aliphatic carbocycles. The maximum Gasteiger partial charge on any atom is 0.194 e. The number of likely N-dealkylation sites (tertiary alicyclic amines) is 1. The Morgan fingerprint density at radius 2 is 1.93 bits per heavy atom. The molecule has 168 valence electrons. The van der Waals surface area contributed by atoms with E-state index < -0.39 is 0 Å². The summed E-state index contributed by atoms with van der Waals surface area (Å²) in [6.45, 7) is 7.09. The van der Waals surface area contributed by atoms with Gasteiger partial charge in [-0.25, -0.2) is 4.99 Å². The van der Waals surface area contributed by atoms with Gasteiger partial charge in [-0.2, -0.15) is 0 Å². The zero-order valence-electron chi connectivity index (χ0n) is 18.7. The van der Waals surface area contributed by atoms with Crippen molar-refractivity contribution in [1.82, 2.24) is 25.0 Å². The lowest BCUT2D eigenvalue weighted by molar-refractivity contribution is 0.000874. The van der Waals surface area contributed by atoms with E-state index >= 15 is 0 Å². The number of aryl methyl sites for hydroxylation is 1. The van der Waals surface area contributed by atoms with Crippen LogP contribution < -0.4 is 5.32 Å². The molecule has 3 heterocycles. The number of piperidine rings is 1. The SMILES string of the molecule is Cc1nnc(CN=C(NCC2CCCO2)N2CCC(OCC3CCCC3)CC2)n1C. The molecule has 2 aliphatic heterocycles. The average molecular weight is 419 g/mol. The molecule has 0 bridgehead atoms. The Morgan fingerprint density at radius 3 is 2.60 bits per heavy atom. The number of nitrogens with zero attached hydrogens (tertiary/aromatic N) is 5. The lowest BCUT2D eigenvalue weighted by Crippen LogP contribution is -2.48. The van der Waals surface area contributed by atoms with Crippen molar-refractivity contribution >= 4 is 5.96 Å². The van der Waals surface area contributed by atoms with Gasteiger partial charge in [-0.15, -0.1) is 10.2 Å². The second-order valence-electron chi connectivity index (χ2n) is 9.05. The van der Waals surface area contributed by atoms with Gasteiger partial charge in [0.2, 0.25) is 0 Å². The minimum absolute atomic E-state index is 0.291. The summed E-state index contributed by atoms with van der Waals surface area (Å²) in [7, 11) is 1.99. The highest BCUT2D eigenvalue weighted by molar-refractivity contribution is 5.80. The third kappa shape index (κ3) is 5.72. The molecule has 0 spiro atoms. The first kappa shape index (κ1) is 21.6. The van der Waals surface area contributed by atoms with E-state index in [2.05, 4.69) is 20.4 Å². The Bertz CT molecular complexity index is 686. The monoisotopic (exact) mass is 418 g/mol. The van der Waals surface area contributed by atoms with Gasteiger partial charge in [0, 0.05) is 39.9 Å². The second-order valence-corrected chi connectivity index (χ2v) is 9.05. The van der Waals surface area contributed by atoms with Crippen molar-refractivity contribution in [3.05, 3.63) is 11.6 Å². The third-order valence-electron chi connectivity index (χ3n) is 6.85. The number of hydrogen-bond acceptors (Lipinski definition) is 5. The number of guanidine groups is 1. The van der Waals surface area contributed by atoms with Gasteiger partial charge in [-0.1, -0.05) is 12.8 Å². The highest BCUT2D eigenvalue weighted by Crippen LogP contribution is 2.26. The Balaban J connectivity index is 1.31. The van der Waals surface area contributed by atoms with Crippen molar-refractivity contribution in [1.29, 1.82) is 0 Å². The Morgan fingerprint density at radius 1 is 1.13 bits per heavy atom. The quantitative estimate of drug-likeness (QED) is 0.541. The second kappa shape index (κ2) is 10.6. The van der Waals surface area contributed by atoms with Crippen LogP contribution in [-0.4, -0.2) is 70.7 Å². The fourth-order valence-corrected chi connectivity index (χ4v) is 4.70. The largest absolute Gasteiger partial charge is 0.378 e. The van der Waals surface area contributed by atoms with Gasteiger partial charge in [0.1, 0.15) is 12.4 Å². The van der Waals surface area contributed by atoms with Gasteiger partial charge in [0.15, 0.2) is 11.8 Å². The van der Waals surface area contributed by atoms with E-state index in [1.165, 1.54) is 25.7 Å². The summed E-state index contributed by atoms with van der Waals surface area (Å²) in [6, 6.07) is 0. The van der Waals surface area contributed by atoms with Gasteiger partial charge in [-0.3, -0.25) is 0 Å². The van der Waals surface area contributed by atoms with E-state index in [1.54, 1.807) is 0 Å². The predicted molar refractivity (Wildman–Crippen MR) is 116 cm³/mol. The first-order valence-electron chi connectivity index (χ1n) is 11.8. The van der Waals surface area contributed by atoms with E-state index in [0.29, 0.717) is 18.8 Å². The molecule has 1 N–H and O–H groups in total. The molecule has 0 radical (unpaired) electrons. The summed E-state index contributed by atoms with van der Waals surface area (Å²) in [5.74, 6) is 3.55. The van der Waals surface area contributed by atoms with Crippen molar-refractivity contribution in [2.75, 3.05) is 32.8 Å². The van der Waals surface area contributed by atoms with Crippen LogP contribution in [0.4, 0.5) is 0 Å². The molecule has 1 aromatic rings. The molecule has 1 aromatic heterocycles. The lowest BCUT2D eigenvalue weighted by atomic mass is 10.1. The average Bonchev–Trinajstić information content (AvgIpc) is 3.53. The molecule has 1 atom stereocenters. The van der Waals surface area contributed by atoms with E-state index in [-0.39, 0.29) is 0 Å². The summed E-state index contributed by atoms with van der Waals surface area (Å²) in [5.41, 5.74) is 0. The molecule has 2 saturated heterocycles. The lowest BCUT2D eigenvalue weighted by Gasteiger charge is -2.35. The summed E-state index contributed by atoms with van der Waals surface area (Å²) in [5, 5.41) is 12.0. The van der Waals surface area contributed by atoms with Gasteiger partial charge >= 0.3 is 0 Å². The van der Waals surface area contributed by atoms with Crippen molar-refractivity contribution in [2.45, 2.75) is 77.0 Å². The first-order chi connectivity index (χ1) is 14.7. The summed E-state index contributed by atoms with van der Waals surface area (Å²) in [6.07, 6.45) is 10.6. The van der Waals surface area contributed by atoms with Gasteiger partial charge in [0.25, 0.3) is 0 Å². The van der Waals surface area contributed by atoms with Crippen molar-refractivity contribution < 1.29 is 9.47 Å². The normalized spacial score (nSPS) is 24.1. The minimum atomic E-state index is 0.291. The Hall–Kier alpha value is -1.67. The molecular formula is C22H38N6O2. The molecule has 1 unspecified atom stereocenters. The highest BCUT2D eigenvalue weighted by Gasteiger charge is 2.25. The topological polar surface area (TPSA) is 76.8 Å². The fraction of sp³-hybridized carbons (Fsp3) is 0.864. The first-order valence-corrected chi connectivity index (χ1v) is 11.8. The molecule has 4 rings (SSSR count). The zero-order chi connectivity index (χ0) is 20.8. The van der Waals surface area contributed by atoms with Crippen LogP contribution in [0.3, 0.4) is 0 Å². The van der Waals surface area contributed by atoms with Crippen LogP contribution in [0.1, 0.15) is 63.0 Å². The summed E-state index contributed by atoms with van der Waals surface area (Å²) < 4.78 is 14.1. The van der Waals surface area contributed by atoms with E-state index in [1.807, 2.05) is 18.5 Å². The molecule has 3 aliphatic rings. The molecule has 3 fully saturated rings. The standard InChI is InChI=1S/C22H38N6O2/c1-17-25-26-21(27(17)2)15-24-22(23-14-20-8-5-13-29-20)28-11-9-19(10-12-28)30-16-18-6-3-4-7-18/h18-20H,3-16H2,1-2H3,(H,23,24). The Labute approximate surface area is 180 Å². The number of aliphatic imine (C=N–C) groups is 1. The fourth-order valence-electron chi connectivity index (χ4n) is 4.70. The number of ether oxygens (including phenoxy) is 2. The van der Waals surface area contributed by atoms with Crippen molar-refractivity contribution in [3.63, 3.8) is 0 Å². The number of rotatable bonds is 7. The van der Waals surface area contributed by atoms with Crippen LogP contribution in [0.2, 0.25) is 0 Å². The van der Waals surface area contributed by atoms with Crippen molar-refractivity contribution in [3.8, 4) is 0 Å². The molecular weight excluding hydrogens is 380 g/mol. The van der Waals surface area contributed by atoms with Crippen LogP contribution >= 0.6 is 0 Å². The van der Waals surface area contributed by atoms with Crippen LogP contribution in [0.15, 0.2) is 4.99 Å². The smallest absolute Gasteiger partial charge is 0.194 e. The third-order valence-corrected chi connectivity index (χ3v) is 6.85. The number of nitrogens with one attached hydrogen (secondary N) is 1. The maximum atomic E-state index is 6.26. The minimum Gasteiger partial charge on any atom is -0.378 e. The molecule has 0 aromatic carbocycles. The molecule has 8 heteroatoms. The van der Waals surface area contributed by atoms with Gasteiger partial charge in [0.05, 0.1) is 12.2 Å². The van der Waals surface area contributed by atoms with E-state index in [0.717, 1.165) is 82.1 Å². The van der Waals surface area contributed by atoms with Crippen LogP contribution in [0, 0.1) is 12.8 Å². The van der Waals surface area contributed by atoms with E-state index in [4.69, 9.17) is 14.5 Å². The molecule has 8 nitrogen and oxygen atoms in total. The molecule has 0 amide bonds.